The molecule has 0 aliphatic carbocycles. The molecule has 0 spiro atoms. The lowest BCUT2D eigenvalue weighted by Gasteiger charge is -2.31. The minimum Gasteiger partial charge on any atom is -0.341 e. The van der Waals surface area contributed by atoms with Crippen LogP contribution in [0.2, 0.25) is 0 Å². The van der Waals surface area contributed by atoms with Crippen LogP contribution in [0, 0.1) is 6.92 Å². The number of likely N-dealkylation sites (N-methyl/N-ethyl adjacent to an activating group) is 1. The van der Waals surface area contributed by atoms with E-state index in [0.717, 1.165) is 12.6 Å². The number of aromatic nitrogens is 1. The average Bonchev–Trinajstić information content (AvgIpc) is 2.48. The number of urea groups is 1. The molecule has 1 saturated heterocycles. The minimum absolute atomic E-state index is 0.0915. The van der Waals surface area contributed by atoms with Gasteiger partial charge in [0.2, 0.25) is 5.91 Å². The van der Waals surface area contributed by atoms with Crippen molar-refractivity contribution in [2.75, 3.05) is 18.4 Å². The Kier molecular flexibility index (Phi) is 5.30. The number of aryl methyl sites for hydroxylation is 1. The van der Waals surface area contributed by atoms with Crippen LogP contribution in [0.1, 0.15) is 31.0 Å². The molecule has 0 bridgehead atoms. The Morgan fingerprint density at radius 1 is 1.46 bits per heavy atom. The summed E-state index contributed by atoms with van der Waals surface area (Å²) in [7, 11) is 0. The van der Waals surface area contributed by atoms with E-state index < -0.39 is 23.9 Å². The standard InChI is InChI=1S/C15H19F3N4O2/c1-3-22-6-4-5-11(13(22)23)21-14(24)20-10-7-9(2)12(19-8-10)15(16,17)18/h7-8,11H,3-6H2,1-2H3,(H2,20,21,24). The summed E-state index contributed by atoms with van der Waals surface area (Å²) in [6.07, 6.45) is -2.28. The number of carbonyl (C=O) groups is 2. The molecular formula is C15H19F3N4O2. The van der Waals surface area contributed by atoms with E-state index in [1.807, 2.05) is 6.92 Å². The van der Waals surface area contributed by atoms with Crippen LogP contribution < -0.4 is 10.6 Å². The summed E-state index contributed by atoms with van der Waals surface area (Å²) in [4.78, 5) is 29.1. The van der Waals surface area contributed by atoms with E-state index in [0.29, 0.717) is 19.5 Å². The van der Waals surface area contributed by atoms with Crippen LogP contribution in [0.3, 0.4) is 0 Å². The predicted octanol–water partition coefficient (Wildman–Crippen LogP) is 2.54. The number of rotatable bonds is 3. The number of likely N-dealkylation sites (tertiary alicyclic amines) is 1. The smallest absolute Gasteiger partial charge is 0.341 e. The molecule has 1 aromatic rings. The van der Waals surface area contributed by atoms with Gasteiger partial charge in [0.25, 0.3) is 0 Å². The van der Waals surface area contributed by atoms with E-state index >= 15 is 0 Å². The van der Waals surface area contributed by atoms with Crippen LogP contribution >= 0.6 is 0 Å². The molecule has 2 heterocycles. The second-order valence-corrected chi connectivity index (χ2v) is 5.60. The Balaban J connectivity index is 2.00. The maximum atomic E-state index is 12.7. The lowest BCUT2D eigenvalue weighted by Crippen LogP contribution is -2.52. The van der Waals surface area contributed by atoms with Crippen LogP contribution in [0.5, 0.6) is 0 Å². The van der Waals surface area contributed by atoms with Crippen molar-refractivity contribution in [3.05, 3.63) is 23.5 Å². The fourth-order valence-electron chi connectivity index (χ4n) is 2.65. The summed E-state index contributed by atoms with van der Waals surface area (Å²) < 4.78 is 38.0. The van der Waals surface area contributed by atoms with Gasteiger partial charge >= 0.3 is 12.2 Å². The number of pyridine rings is 1. The van der Waals surface area contributed by atoms with E-state index in [2.05, 4.69) is 15.6 Å². The molecule has 1 aliphatic rings. The molecule has 6 nitrogen and oxygen atoms in total. The molecule has 24 heavy (non-hydrogen) atoms. The fourth-order valence-corrected chi connectivity index (χ4v) is 2.65. The first kappa shape index (κ1) is 18.0. The number of anilines is 1. The van der Waals surface area contributed by atoms with Gasteiger partial charge < -0.3 is 15.5 Å². The Morgan fingerprint density at radius 3 is 2.75 bits per heavy atom. The van der Waals surface area contributed by atoms with Gasteiger partial charge in [-0.05, 0) is 38.3 Å². The molecule has 2 N–H and O–H groups in total. The number of halogens is 3. The maximum Gasteiger partial charge on any atom is 0.433 e. The number of amides is 3. The van der Waals surface area contributed by atoms with E-state index in [1.165, 1.54) is 13.0 Å². The first-order chi connectivity index (χ1) is 11.2. The third-order valence-electron chi connectivity index (χ3n) is 3.82. The van der Waals surface area contributed by atoms with E-state index in [1.54, 1.807) is 4.90 Å². The van der Waals surface area contributed by atoms with Crippen LogP contribution in [0.25, 0.3) is 0 Å². The molecule has 9 heteroatoms. The van der Waals surface area contributed by atoms with E-state index in [9.17, 15) is 22.8 Å². The highest BCUT2D eigenvalue weighted by Gasteiger charge is 2.34. The van der Waals surface area contributed by atoms with Gasteiger partial charge in [0.1, 0.15) is 11.7 Å². The van der Waals surface area contributed by atoms with Gasteiger partial charge in [-0.1, -0.05) is 0 Å². The summed E-state index contributed by atoms with van der Waals surface area (Å²) in [5.74, 6) is -0.152. The number of hydrogen-bond acceptors (Lipinski definition) is 3. The van der Waals surface area contributed by atoms with Crippen LogP contribution in [-0.2, 0) is 11.0 Å². The van der Waals surface area contributed by atoms with Crippen molar-refractivity contribution >= 4 is 17.6 Å². The number of hydrogen-bond donors (Lipinski definition) is 2. The molecule has 1 aliphatic heterocycles. The zero-order chi connectivity index (χ0) is 17.9. The van der Waals surface area contributed by atoms with Gasteiger partial charge in [-0.2, -0.15) is 13.2 Å². The summed E-state index contributed by atoms with van der Waals surface area (Å²) in [5, 5.41) is 4.97. The fraction of sp³-hybridized carbons (Fsp3) is 0.533. The first-order valence-electron chi connectivity index (χ1n) is 7.62. The average molecular weight is 344 g/mol. The molecule has 0 saturated carbocycles. The normalized spacial score (nSPS) is 18.5. The van der Waals surface area contributed by atoms with Crippen molar-refractivity contribution < 1.29 is 22.8 Å². The molecule has 3 amide bonds. The topological polar surface area (TPSA) is 74.3 Å². The molecular weight excluding hydrogens is 325 g/mol. The first-order valence-corrected chi connectivity index (χ1v) is 7.62. The zero-order valence-electron chi connectivity index (χ0n) is 13.4. The predicted molar refractivity (Wildman–Crippen MR) is 81.4 cm³/mol. The number of alkyl halides is 3. The third-order valence-corrected chi connectivity index (χ3v) is 3.82. The van der Waals surface area contributed by atoms with Gasteiger partial charge in [-0.15, -0.1) is 0 Å². The van der Waals surface area contributed by atoms with E-state index in [-0.39, 0.29) is 17.2 Å². The monoisotopic (exact) mass is 344 g/mol. The van der Waals surface area contributed by atoms with Crippen LogP contribution in [0.15, 0.2) is 12.3 Å². The summed E-state index contributed by atoms with van der Waals surface area (Å²) >= 11 is 0. The number of carbonyl (C=O) groups excluding carboxylic acids is 2. The lowest BCUT2D eigenvalue weighted by molar-refractivity contribution is -0.141. The molecule has 1 atom stereocenters. The van der Waals surface area contributed by atoms with Gasteiger partial charge in [-0.3, -0.25) is 4.79 Å². The lowest BCUT2D eigenvalue weighted by atomic mass is 10.1. The third kappa shape index (κ3) is 4.15. The quantitative estimate of drug-likeness (QED) is 0.885. The highest BCUT2D eigenvalue weighted by Crippen LogP contribution is 2.30. The summed E-state index contributed by atoms with van der Waals surface area (Å²) in [6, 6.07) is -0.0781. The molecule has 1 aromatic heterocycles. The number of nitrogens with zero attached hydrogens (tertiary/aromatic N) is 2. The highest BCUT2D eigenvalue weighted by molar-refractivity contribution is 5.93. The molecule has 0 radical (unpaired) electrons. The largest absolute Gasteiger partial charge is 0.433 e. The van der Waals surface area contributed by atoms with Gasteiger partial charge in [0.05, 0.1) is 11.9 Å². The van der Waals surface area contributed by atoms with Gasteiger partial charge in [-0.25, -0.2) is 9.78 Å². The molecule has 0 aromatic carbocycles. The molecule has 2 rings (SSSR count). The number of nitrogens with one attached hydrogen (secondary N) is 2. The second-order valence-electron chi connectivity index (χ2n) is 5.60. The van der Waals surface area contributed by atoms with Crippen LogP contribution in [-0.4, -0.2) is 41.0 Å². The van der Waals surface area contributed by atoms with Crippen molar-refractivity contribution in [2.45, 2.75) is 38.9 Å². The number of piperidine rings is 1. The summed E-state index contributed by atoms with van der Waals surface area (Å²) in [6.45, 7) is 4.36. The maximum absolute atomic E-state index is 12.7. The highest BCUT2D eigenvalue weighted by atomic mass is 19.4. The van der Waals surface area contributed by atoms with Crippen LogP contribution in [0.4, 0.5) is 23.7 Å². The second kappa shape index (κ2) is 7.06. The molecule has 132 valence electrons. The summed E-state index contributed by atoms with van der Waals surface area (Å²) in [5.41, 5.74) is -0.950. The Bertz CT molecular complexity index is 634. The Labute approximate surface area is 137 Å². The Morgan fingerprint density at radius 2 is 2.17 bits per heavy atom. The minimum atomic E-state index is -4.54. The molecule has 1 unspecified atom stereocenters. The SMILES string of the molecule is CCN1CCCC(NC(=O)Nc2cnc(C(F)(F)F)c(C)c2)C1=O. The van der Waals surface area contributed by atoms with Crippen molar-refractivity contribution in [1.29, 1.82) is 0 Å². The van der Waals surface area contributed by atoms with Crippen molar-refractivity contribution in [2.24, 2.45) is 0 Å². The van der Waals surface area contributed by atoms with Crippen molar-refractivity contribution in [3.8, 4) is 0 Å². The zero-order valence-corrected chi connectivity index (χ0v) is 13.4. The van der Waals surface area contributed by atoms with E-state index in [4.69, 9.17) is 0 Å². The van der Waals surface area contributed by atoms with Crippen molar-refractivity contribution in [3.63, 3.8) is 0 Å². The van der Waals surface area contributed by atoms with Crippen molar-refractivity contribution in [1.82, 2.24) is 15.2 Å². The molecule has 1 fully saturated rings. The van der Waals surface area contributed by atoms with Gasteiger partial charge in [0.15, 0.2) is 0 Å². The van der Waals surface area contributed by atoms with Gasteiger partial charge in [0, 0.05) is 13.1 Å². The Hall–Kier alpha value is -2.32.